The average molecular weight is 305 g/mol. The van der Waals surface area contributed by atoms with Gasteiger partial charge in [0.25, 0.3) is 0 Å². The van der Waals surface area contributed by atoms with Gasteiger partial charge in [0.05, 0.1) is 5.69 Å². The van der Waals surface area contributed by atoms with E-state index in [1.807, 2.05) is 0 Å². The maximum Gasteiger partial charge on any atom is 0.444 e. The summed E-state index contributed by atoms with van der Waals surface area (Å²) in [6.45, 7) is 0. The lowest BCUT2D eigenvalue weighted by molar-refractivity contribution is 0.308. The van der Waals surface area contributed by atoms with E-state index in [-0.39, 0.29) is 5.75 Å². The number of hydrogen-bond acceptors (Lipinski definition) is 5. The van der Waals surface area contributed by atoms with Crippen LogP contribution in [-0.4, -0.2) is 9.78 Å². The molecule has 0 radical (unpaired) electrons. The number of benzene rings is 2. The van der Waals surface area contributed by atoms with E-state index in [9.17, 15) is 13.6 Å². The Bertz CT molecular complexity index is 872. The van der Waals surface area contributed by atoms with E-state index >= 15 is 0 Å². The summed E-state index contributed by atoms with van der Waals surface area (Å²) in [5.41, 5.74) is 6.47. The number of nitrogen functional groups attached to an aromatic ring is 1. The fraction of sp³-hybridized carbons (Fsp3) is 0. The summed E-state index contributed by atoms with van der Waals surface area (Å²) in [6.07, 6.45) is -0.465. The third kappa shape index (κ3) is 2.66. The van der Waals surface area contributed by atoms with Crippen LogP contribution in [0.3, 0.4) is 0 Å². The van der Waals surface area contributed by atoms with E-state index < -0.39 is 23.5 Å². The SMILES string of the molecule is Nc1ccc(-n2nc(Oc3ccc(F)cc3F)oc2=O)cc1. The largest absolute Gasteiger partial charge is 0.444 e. The summed E-state index contributed by atoms with van der Waals surface area (Å²) >= 11 is 0. The second kappa shape index (κ2) is 5.32. The molecule has 0 atom stereocenters. The van der Waals surface area contributed by atoms with E-state index in [1.165, 1.54) is 0 Å². The first-order chi connectivity index (χ1) is 10.5. The van der Waals surface area contributed by atoms with Crippen LogP contribution in [0.5, 0.6) is 11.8 Å². The van der Waals surface area contributed by atoms with Crippen molar-refractivity contribution in [1.29, 1.82) is 0 Å². The van der Waals surface area contributed by atoms with Crippen LogP contribution in [0.2, 0.25) is 0 Å². The Labute approximate surface area is 122 Å². The van der Waals surface area contributed by atoms with Gasteiger partial charge in [-0.2, -0.15) is 4.68 Å². The molecule has 0 fully saturated rings. The van der Waals surface area contributed by atoms with Gasteiger partial charge in [-0.1, -0.05) is 5.10 Å². The Morgan fingerprint density at radius 2 is 1.86 bits per heavy atom. The molecule has 2 aromatic carbocycles. The van der Waals surface area contributed by atoms with Gasteiger partial charge in [0, 0.05) is 11.8 Å². The van der Waals surface area contributed by atoms with Gasteiger partial charge in [0.15, 0.2) is 11.6 Å². The zero-order chi connectivity index (χ0) is 15.7. The molecule has 0 saturated heterocycles. The third-order valence-electron chi connectivity index (χ3n) is 2.76. The molecular weight excluding hydrogens is 296 g/mol. The van der Waals surface area contributed by atoms with Gasteiger partial charge >= 0.3 is 11.8 Å². The number of nitrogens with zero attached hydrogens (tertiary/aromatic N) is 2. The molecular formula is C14H9F2N3O3. The Morgan fingerprint density at radius 1 is 1.14 bits per heavy atom. The molecule has 0 spiro atoms. The molecule has 0 aliphatic rings. The predicted octanol–water partition coefficient (Wildman–Crippen LogP) is 2.48. The highest BCUT2D eigenvalue weighted by Crippen LogP contribution is 2.23. The maximum atomic E-state index is 13.5. The molecule has 8 heteroatoms. The smallest absolute Gasteiger partial charge is 0.407 e. The average Bonchev–Trinajstić information content (AvgIpc) is 2.84. The van der Waals surface area contributed by atoms with E-state index in [4.69, 9.17) is 14.9 Å². The normalized spacial score (nSPS) is 10.6. The summed E-state index contributed by atoms with van der Waals surface area (Å²) in [5.74, 6) is -2.82. The zero-order valence-corrected chi connectivity index (χ0v) is 11.0. The Balaban J connectivity index is 1.92. The topological polar surface area (TPSA) is 83.3 Å². The van der Waals surface area contributed by atoms with Crippen molar-refractivity contribution in [3.63, 3.8) is 0 Å². The fourth-order valence-electron chi connectivity index (χ4n) is 1.73. The van der Waals surface area contributed by atoms with Gasteiger partial charge in [0.2, 0.25) is 0 Å². The van der Waals surface area contributed by atoms with E-state index in [2.05, 4.69) is 5.10 Å². The summed E-state index contributed by atoms with van der Waals surface area (Å²) < 4.78 is 37.0. The standard InChI is InChI=1S/C14H9F2N3O3/c15-8-1-6-12(11(16)7-8)21-13-18-19(14(20)22-13)10-4-2-9(17)3-5-10/h1-7H,17H2. The highest BCUT2D eigenvalue weighted by Gasteiger charge is 2.14. The molecule has 22 heavy (non-hydrogen) atoms. The maximum absolute atomic E-state index is 13.5. The third-order valence-corrected chi connectivity index (χ3v) is 2.76. The van der Waals surface area contributed by atoms with E-state index in [1.54, 1.807) is 24.3 Å². The van der Waals surface area contributed by atoms with Crippen molar-refractivity contribution < 1.29 is 17.9 Å². The highest BCUT2D eigenvalue weighted by molar-refractivity contribution is 5.44. The zero-order valence-electron chi connectivity index (χ0n) is 11.0. The number of anilines is 1. The number of hydrogen-bond donors (Lipinski definition) is 1. The summed E-state index contributed by atoms with van der Waals surface area (Å²) in [5, 5.41) is 3.78. The molecule has 0 amide bonds. The Kier molecular flexibility index (Phi) is 3.34. The molecule has 2 N–H and O–H groups in total. The van der Waals surface area contributed by atoms with Crippen molar-refractivity contribution in [1.82, 2.24) is 9.78 Å². The minimum absolute atomic E-state index is 0.313. The summed E-state index contributed by atoms with van der Waals surface area (Å²) in [4.78, 5) is 11.7. The molecule has 0 unspecified atom stereocenters. The lowest BCUT2D eigenvalue weighted by atomic mass is 10.3. The fourth-order valence-corrected chi connectivity index (χ4v) is 1.73. The molecule has 1 aromatic heterocycles. The van der Waals surface area contributed by atoms with Gasteiger partial charge in [-0.15, -0.1) is 0 Å². The van der Waals surface area contributed by atoms with Crippen molar-refractivity contribution in [2.24, 2.45) is 0 Å². The number of nitrogens with two attached hydrogens (primary N) is 1. The number of rotatable bonds is 3. The van der Waals surface area contributed by atoms with E-state index in [0.29, 0.717) is 17.4 Å². The van der Waals surface area contributed by atoms with Crippen LogP contribution in [0.1, 0.15) is 0 Å². The van der Waals surface area contributed by atoms with Gasteiger partial charge in [-0.05, 0) is 36.4 Å². The van der Waals surface area contributed by atoms with Gasteiger partial charge < -0.3 is 14.9 Å². The van der Waals surface area contributed by atoms with Gasteiger partial charge in [0.1, 0.15) is 5.82 Å². The van der Waals surface area contributed by atoms with Crippen LogP contribution >= 0.6 is 0 Å². The first-order valence-electron chi connectivity index (χ1n) is 6.12. The van der Waals surface area contributed by atoms with Crippen molar-refractivity contribution in [3.8, 4) is 17.5 Å². The molecule has 3 aromatic rings. The van der Waals surface area contributed by atoms with E-state index in [0.717, 1.165) is 16.8 Å². The van der Waals surface area contributed by atoms with Crippen LogP contribution in [0.15, 0.2) is 51.7 Å². The molecule has 0 aliphatic carbocycles. The van der Waals surface area contributed by atoms with Crippen molar-refractivity contribution in [2.75, 3.05) is 5.73 Å². The molecule has 0 aliphatic heterocycles. The van der Waals surface area contributed by atoms with Crippen molar-refractivity contribution in [3.05, 3.63) is 64.6 Å². The molecule has 6 nitrogen and oxygen atoms in total. The lowest BCUT2D eigenvalue weighted by Crippen LogP contribution is -2.13. The van der Waals surface area contributed by atoms with Crippen molar-refractivity contribution in [2.45, 2.75) is 0 Å². The second-order valence-electron chi connectivity index (χ2n) is 4.31. The first-order valence-corrected chi connectivity index (χ1v) is 6.12. The Morgan fingerprint density at radius 3 is 2.55 bits per heavy atom. The quantitative estimate of drug-likeness (QED) is 0.752. The molecule has 112 valence electrons. The Hall–Kier alpha value is -3.16. The molecule has 3 rings (SSSR count). The number of aromatic nitrogens is 2. The van der Waals surface area contributed by atoms with Crippen LogP contribution < -0.4 is 16.2 Å². The van der Waals surface area contributed by atoms with Crippen LogP contribution in [0.4, 0.5) is 14.5 Å². The molecule has 0 saturated carbocycles. The molecule has 0 bridgehead atoms. The molecule has 1 heterocycles. The van der Waals surface area contributed by atoms with Crippen LogP contribution in [0, 0.1) is 11.6 Å². The highest BCUT2D eigenvalue weighted by atomic mass is 19.1. The first kappa shape index (κ1) is 13.8. The van der Waals surface area contributed by atoms with Gasteiger partial charge in [-0.3, -0.25) is 0 Å². The van der Waals surface area contributed by atoms with Crippen molar-refractivity contribution >= 4 is 5.69 Å². The monoisotopic (exact) mass is 305 g/mol. The number of ether oxygens (including phenoxy) is 1. The van der Waals surface area contributed by atoms with Gasteiger partial charge in [-0.25, -0.2) is 13.6 Å². The van der Waals surface area contributed by atoms with Crippen LogP contribution in [-0.2, 0) is 0 Å². The van der Waals surface area contributed by atoms with Crippen LogP contribution in [0.25, 0.3) is 5.69 Å². The number of halogens is 2. The summed E-state index contributed by atoms with van der Waals surface area (Å²) in [7, 11) is 0. The lowest BCUT2D eigenvalue weighted by Gasteiger charge is -2.01. The minimum atomic E-state index is -0.940. The minimum Gasteiger partial charge on any atom is -0.407 e. The predicted molar refractivity (Wildman–Crippen MR) is 72.9 cm³/mol. The second-order valence-corrected chi connectivity index (χ2v) is 4.31. The summed E-state index contributed by atoms with van der Waals surface area (Å²) in [6, 6.07) is 8.99.